The van der Waals surface area contributed by atoms with Crippen molar-refractivity contribution < 1.29 is 49.0 Å². The van der Waals surface area contributed by atoms with Crippen molar-refractivity contribution in [1.29, 1.82) is 0 Å². The first-order valence-electron chi connectivity index (χ1n) is 16.0. The molecule has 17 heteroatoms. The van der Waals surface area contributed by atoms with Crippen LogP contribution in [-0.4, -0.2) is 151 Å². The van der Waals surface area contributed by atoms with Gasteiger partial charge in [0.05, 0.1) is 56.5 Å². The highest BCUT2D eigenvalue weighted by molar-refractivity contribution is 5.80. The molecule has 4 rings (SSSR count). The minimum absolute atomic E-state index is 0.0120. The van der Waals surface area contributed by atoms with Crippen molar-refractivity contribution in [2.24, 2.45) is 23.1 Å². The fourth-order valence-electron chi connectivity index (χ4n) is 6.88. The molecule has 4 aliphatic rings. The van der Waals surface area contributed by atoms with Gasteiger partial charge in [0.1, 0.15) is 35.8 Å². The predicted octanol–water partition coefficient (Wildman–Crippen LogP) is -5.17. The van der Waals surface area contributed by atoms with Crippen molar-refractivity contribution in [2.75, 3.05) is 46.4 Å². The molecule has 3 aliphatic heterocycles. The number of carbonyl (C=O) groups is 2. The van der Waals surface area contributed by atoms with Gasteiger partial charge < -0.3 is 77.8 Å². The fourth-order valence-corrected chi connectivity index (χ4v) is 6.88. The number of nitrogens with two attached hydrogens (primary N) is 3. The van der Waals surface area contributed by atoms with Gasteiger partial charge in [0.25, 0.3) is 0 Å². The molecule has 13 atom stereocenters. The second-order valence-corrected chi connectivity index (χ2v) is 12.8. The van der Waals surface area contributed by atoms with E-state index in [9.17, 15) is 30.0 Å². The molecule has 0 spiro atoms. The lowest BCUT2D eigenvalue weighted by molar-refractivity contribution is -0.297. The number of morpholine rings is 1. The van der Waals surface area contributed by atoms with Crippen LogP contribution in [0, 0.1) is 5.92 Å². The highest BCUT2D eigenvalue weighted by Crippen LogP contribution is 2.37. The van der Waals surface area contributed by atoms with Crippen molar-refractivity contribution in [3.8, 4) is 0 Å². The van der Waals surface area contributed by atoms with Crippen LogP contribution in [0.2, 0.25) is 0 Å². The molecule has 1 aliphatic carbocycles. The molecular formula is C29H53N7O10. The molecule has 3 fully saturated rings. The maximum atomic E-state index is 13.1. The van der Waals surface area contributed by atoms with E-state index >= 15 is 0 Å². The van der Waals surface area contributed by atoms with E-state index in [-0.39, 0.29) is 51.0 Å². The van der Waals surface area contributed by atoms with Crippen LogP contribution in [-0.2, 0) is 28.5 Å². The lowest BCUT2D eigenvalue weighted by Crippen LogP contribution is -2.70. The average molecular weight is 660 g/mol. The summed E-state index contributed by atoms with van der Waals surface area (Å²) in [7, 11) is 1.57. The molecule has 0 aromatic carbocycles. The van der Waals surface area contributed by atoms with Crippen LogP contribution < -0.4 is 38.5 Å². The number of amides is 2. The zero-order chi connectivity index (χ0) is 33.6. The zero-order valence-corrected chi connectivity index (χ0v) is 26.5. The van der Waals surface area contributed by atoms with Gasteiger partial charge in [-0.3, -0.25) is 9.59 Å². The maximum absolute atomic E-state index is 13.1. The van der Waals surface area contributed by atoms with Crippen LogP contribution in [0.25, 0.3) is 0 Å². The van der Waals surface area contributed by atoms with E-state index in [1.165, 1.54) is 6.92 Å². The van der Waals surface area contributed by atoms with Crippen LogP contribution in [0.15, 0.2) is 11.8 Å². The van der Waals surface area contributed by atoms with Crippen LogP contribution in [0.4, 0.5) is 0 Å². The third-order valence-corrected chi connectivity index (χ3v) is 9.28. The van der Waals surface area contributed by atoms with Crippen molar-refractivity contribution >= 4 is 11.8 Å². The normalized spacial score (nSPS) is 40.7. The van der Waals surface area contributed by atoms with Gasteiger partial charge in [-0.25, -0.2) is 0 Å². The number of hydrogen-bond donors (Lipinski definition) is 11. The lowest BCUT2D eigenvalue weighted by atomic mass is 9.72. The molecule has 14 N–H and O–H groups in total. The van der Waals surface area contributed by atoms with Gasteiger partial charge >= 0.3 is 0 Å². The first-order valence-corrected chi connectivity index (χ1v) is 16.0. The summed E-state index contributed by atoms with van der Waals surface area (Å²) in [4.78, 5) is 26.0. The maximum Gasteiger partial charge on any atom is 0.249 e. The molecule has 17 nitrogen and oxygen atoms in total. The van der Waals surface area contributed by atoms with E-state index in [1.807, 2.05) is 0 Å². The van der Waals surface area contributed by atoms with Gasteiger partial charge in [-0.1, -0.05) is 0 Å². The summed E-state index contributed by atoms with van der Waals surface area (Å²) in [5.74, 6) is -1.36. The molecule has 264 valence electrons. The largest absolute Gasteiger partial charge is 0.491 e. The number of rotatable bonds is 12. The predicted molar refractivity (Wildman–Crippen MR) is 164 cm³/mol. The third kappa shape index (κ3) is 8.72. The number of aliphatic hydroxyl groups excluding tert-OH is 3. The highest BCUT2D eigenvalue weighted by atomic mass is 16.7. The summed E-state index contributed by atoms with van der Waals surface area (Å²) >= 11 is 0. The number of likely N-dealkylation sites (N-methyl/N-ethyl adjacent to an activating group) is 1. The Morgan fingerprint density at radius 2 is 1.96 bits per heavy atom. The van der Waals surface area contributed by atoms with E-state index in [1.54, 1.807) is 13.1 Å². The summed E-state index contributed by atoms with van der Waals surface area (Å²) in [6, 6.07) is -3.14. The summed E-state index contributed by atoms with van der Waals surface area (Å²) in [6.07, 6.45) is -5.47. The van der Waals surface area contributed by atoms with Gasteiger partial charge in [-0.2, -0.15) is 0 Å². The molecule has 0 radical (unpaired) electrons. The van der Waals surface area contributed by atoms with Gasteiger partial charge in [0, 0.05) is 25.0 Å². The standard InChI is InChI=1S/C29H53N7O10/c1-29(42)13-44-28(23(40)26(29)33-2)46-25-18(36-27(41)19(37)5-6-30)10-16(32)21(22(25)39)24-17(4-3-14(11-31)45-24)35-20(38)9-15-12-34-7-8-43-15/h3,15-19,21-26,28,33-34,37,39-40,42H,4-13,30-32H2,1-2H3,(H,35,38)(H,36,41)/t15?,16-,17+,18+,19-,21?,22-,23+,24-,25-,26+,28+,29-/m0/s1. The minimum Gasteiger partial charge on any atom is -0.491 e. The van der Waals surface area contributed by atoms with Crippen LogP contribution in [0.5, 0.6) is 0 Å². The van der Waals surface area contributed by atoms with Crippen LogP contribution >= 0.6 is 0 Å². The average Bonchev–Trinajstić information content (AvgIpc) is 3.01. The van der Waals surface area contributed by atoms with Gasteiger partial charge in [-0.05, 0) is 45.9 Å². The van der Waals surface area contributed by atoms with Crippen molar-refractivity contribution in [2.45, 2.75) is 105 Å². The second-order valence-electron chi connectivity index (χ2n) is 12.8. The molecule has 2 unspecified atom stereocenters. The molecule has 0 bridgehead atoms. The molecule has 0 aromatic rings. The highest BCUT2D eigenvalue weighted by Gasteiger charge is 2.54. The number of nitrogens with one attached hydrogen (secondary N) is 4. The fraction of sp³-hybridized carbons (Fsp3) is 0.862. The first-order chi connectivity index (χ1) is 21.9. The number of carbonyl (C=O) groups excluding carboxylic acids is 2. The topological polar surface area (TPSA) is 278 Å². The van der Waals surface area contributed by atoms with Gasteiger partial charge in [0.15, 0.2) is 6.29 Å². The van der Waals surface area contributed by atoms with Crippen molar-refractivity contribution in [1.82, 2.24) is 21.3 Å². The van der Waals surface area contributed by atoms with E-state index in [0.29, 0.717) is 25.3 Å². The third-order valence-electron chi connectivity index (χ3n) is 9.28. The van der Waals surface area contributed by atoms with Crippen LogP contribution in [0.1, 0.15) is 32.6 Å². The van der Waals surface area contributed by atoms with E-state index in [0.717, 1.165) is 6.54 Å². The molecule has 0 aromatic heterocycles. The molecular weight excluding hydrogens is 606 g/mol. The quantitative estimate of drug-likeness (QED) is 0.0934. The Hall–Kier alpha value is -2.00. The lowest BCUT2D eigenvalue weighted by Gasteiger charge is -2.51. The summed E-state index contributed by atoms with van der Waals surface area (Å²) in [6.45, 7) is 3.25. The molecule has 2 amide bonds. The summed E-state index contributed by atoms with van der Waals surface area (Å²) in [5.41, 5.74) is 16.7. The Balaban J connectivity index is 1.58. The minimum atomic E-state index is -1.42. The number of hydrogen-bond acceptors (Lipinski definition) is 15. The Bertz CT molecular complexity index is 1050. The SMILES string of the molecule is CN[C@@H]1[C@@H](O)[C@@H](O[C@H]2[C@H](NC(=O)[C@@H](O)CCN)C[C@H](N)C([C@H]3OC(CN)=CC[C@H]3NC(=O)CC3CNCCO3)[C@@H]2O)OC[C@]1(C)O. The molecule has 46 heavy (non-hydrogen) atoms. The van der Waals surface area contributed by atoms with Crippen molar-refractivity contribution in [3.63, 3.8) is 0 Å². The van der Waals surface area contributed by atoms with E-state index in [4.69, 9.17) is 36.1 Å². The van der Waals surface area contributed by atoms with Crippen molar-refractivity contribution in [3.05, 3.63) is 11.8 Å². The van der Waals surface area contributed by atoms with Crippen LogP contribution in [0.3, 0.4) is 0 Å². The Labute approximate surface area is 268 Å². The van der Waals surface area contributed by atoms with Gasteiger partial charge in [-0.15, -0.1) is 0 Å². The second kappa shape index (κ2) is 16.4. The number of ether oxygens (including phenoxy) is 4. The molecule has 3 heterocycles. The smallest absolute Gasteiger partial charge is 0.249 e. The van der Waals surface area contributed by atoms with E-state index in [2.05, 4.69) is 21.3 Å². The monoisotopic (exact) mass is 659 g/mol. The Kier molecular flexibility index (Phi) is 13.1. The van der Waals surface area contributed by atoms with Gasteiger partial charge in [0.2, 0.25) is 11.8 Å². The molecule has 2 saturated heterocycles. The zero-order valence-electron chi connectivity index (χ0n) is 26.5. The number of aliphatic hydroxyl groups is 4. The molecule has 1 saturated carbocycles. The Morgan fingerprint density at radius 3 is 2.61 bits per heavy atom. The Morgan fingerprint density at radius 1 is 1.20 bits per heavy atom. The summed E-state index contributed by atoms with van der Waals surface area (Å²) < 4.78 is 23.8. The first kappa shape index (κ1) is 36.8. The van der Waals surface area contributed by atoms with E-state index < -0.39 is 78.4 Å². The summed E-state index contributed by atoms with van der Waals surface area (Å²) in [5, 5.41) is 55.9.